The molecule has 3 rings (SSSR count). The van der Waals surface area contributed by atoms with E-state index < -0.39 is 0 Å². The third kappa shape index (κ3) is 3.59. The number of hydrogen-bond donors (Lipinski definition) is 1. The molecular weight excluding hydrogens is 286 g/mol. The number of nitrogens with zero attached hydrogens (tertiary/aromatic N) is 2. The first kappa shape index (κ1) is 16.5. The lowest BCUT2D eigenvalue weighted by Gasteiger charge is -2.30. The highest BCUT2D eigenvalue weighted by atomic mass is 16.2. The zero-order valence-electron chi connectivity index (χ0n) is 14.3. The number of carbonyl (C=O) groups is 1. The lowest BCUT2D eigenvalue weighted by Crippen LogP contribution is -2.44. The van der Waals surface area contributed by atoms with E-state index in [9.17, 15) is 4.79 Å². The summed E-state index contributed by atoms with van der Waals surface area (Å²) in [6, 6.07) is 10.5. The Balaban J connectivity index is 1.66. The summed E-state index contributed by atoms with van der Waals surface area (Å²) in [7, 11) is 0. The van der Waals surface area contributed by atoms with Crippen LogP contribution in [0.4, 0.5) is 5.69 Å². The molecule has 0 aromatic heterocycles. The molecule has 1 saturated carbocycles. The summed E-state index contributed by atoms with van der Waals surface area (Å²) in [6.45, 7) is 6.67. The number of fused-ring (bicyclic) bond motifs is 1. The first-order valence-electron chi connectivity index (χ1n) is 8.91. The van der Waals surface area contributed by atoms with Gasteiger partial charge in [-0.1, -0.05) is 24.6 Å². The van der Waals surface area contributed by atoms with Crippen LogP contribution < -0.4 is 10.6 Å². The molecule has 2 aliphatic rings. The summed E-state index contributed by atoms with van der Waals surface area (Å²) in [5.41, 5.74) is 7.28. The smallest absolute Gasteiger partial charge is 0.241 e. The predicted molar refractivity (Wildman–Crippen MR) is 94.3 cm³/mol. The van der Waals surface area contributed by atoms with Crippen LogP contribution >= 0.6 is 0 Å². The van der Waals surface area contributed by atoms with Crippen LogP contribution in [0.1, 0.15) is 33.1 Å². The minimum absolute atomic E-state index is 0.164. The van der Waals surface area contributed by atoms with Gasteiger partial charge in [0.15, 0.2) is 0 Å². The average molecular weight is 315 g/mol. The molecule has 1 aromatic rings. The lowest BCUT2D eigenvalue weighted by molar-refractivity contribution is -0.119. The van der Waals surface area contributed by atoms with Gasteiger partial charge in [0, 0.05) is 30.9 Å². The quantitative estimate of drug-likeness (QED) is 0.928. The number of anilines is 1. The van der Waals surface area contributed by atoms with Crippen LogP contribution in [0, 0.1) is 11.8 Å². The van der Waals surface area contributed by atoms with E-state index in [0.717, 1.165) is 25.2 Å². The van der Waals surface area contributed by atoms with E-state index in [1.165, 1.54) is 12.8 Å². The van der Waals surface area contributed by atoms with Gasteiger partial charge in [0.05, 0.1) is 6.54 Å². The van der Waals surface area contributed by atoms with Crippen molar-refractivity contribution in [3.05, 3.63) is 30.3 Å². The van der Waals surface area contributed by atoms with Gasteiger partial charge in [-0.2, -0.15) is 0 Å². The fourth-order valence-electron chi connectivity index (χ4n) is 4.32. The van der Waals surface area contributed by atoms with Crippen molar-refractivity contribution in [2.24, 2.45) is 17.6 Å². The van der Waals surface area contributed by atoms with Gasteiger partial charge in [-0.15, -0.1) is 0 Å². The number of nitrogens with two attached hydrogens (primary N) is 1. The maximum Gasteiger partial charge on any atom is 0.241 e. The molecule has 1 amide bonds. The van der Waals surface area contributed by atoms with Crippen molar-refractivity contribution in [1.82, 2.24) is 4.90 Å². The van der Waals surface area contributed by atoms with E-state index in [1.54, 1.807) is 0 Å². The van der Waals surface area contributed by atoms with Crippen molar-refractivity contribution in [2.75, 3.05) is 24.5 Å². The second kappa shape index (κ2) is 7.02. The summed E-state index contributed by atoms with van der Waals surface area (Å²) in [5.74, 6) is 1.47. The first-order chi connectivity index (χ1) is 11.1. The molecule has 1 aliphatic carbocycles. The summed E-state index contributed by atoms with van der Waals surface area (Å²) in [5, 5.41) is 0. The molecule has 0 spiro atoms. The SMILES string of the molecule is CC(C)N(C(=O)CN1CC2CCCC(N)C2C1)c1ccccc1. The highest BCUT2D eigenvalue weighted by molar-refractivity contribution is 5.95. The van der Waals surface area contributed by atoms with E-state index in [-0.39, 0.29) is 11.9 Å². The van der Waals surface area contributed by atoms with Crippen LogP contribution in [-0.2, 0) is 4.79 Å². The highest BCUT2D eigenvalue weighted by Gasteiger charge is 2.39. The van der Waals surface area contributed by atoms with Crippen LogP contribution in [0.15, 0.2) is 30.3 Å². The molecule has 1 saturated heterocycles. The number of hydrogen-bond acceptors (Lipinski definition) is 3. The molecule has 126 valence electrons. The van der Waals surface area contributed by atoms with Gasteiger partial charge in [0.1, 0.15) is 0 Å². The molecule has 4 heteroatoms. The largest absolute Gasteiger partial charge is 0.327 e. The molecule has 23 heavy (non-hydrogen) atoms. The molecule has 2 fully saturated rings. The van der Waals surface area contributed by atoms with Crippen molar-refractivity contribution in [2.45, 2.75) is 45.2 Å². The van der Waals surface area contributed by atoms with Gasteiger partial charge >= 0.3 is 0 Å². The third-order valence-electron chi connectivity index (χ3n) is 5.41. The molecule has 4 nitrogen and oxygen atoms in total. The molecule has 1 heterocycles. The van der Waals surface area contributed by atoms with E-state index in [2.05, 4.69) is 18.7 Å². The Morgan fingerprint density at radius 1 is 1.26 bits per heavy atom. The molecule has 1 aliphatic heterocycles. The van der Waals surface area contributed by atoms with E-state index in [0.29, 0.717) is 24.4 Å². The van der Waals surface area contributed by atoms with E-state index in [1.807, 2.05) is 35.2 Å². The zero-order valence-corrected chi connectivity index (χ0v) is 14.3. The number of carbonyl (C=O) groups excluding carboxylic acids is 1. The highest BCUT2D eigenvalue weighted by Crippen LogP contribution is 2.35. The minimum atomic E-state index is 0.164. The number of likely N-dealkylation sites (tertiary alicyclic amines) is 1. The van der Waals surface area contributed by atoms with Gasteiger partial charge in [0.25, 0.3) is 0 Å². The zero-order chi connectivity index (χ0) is 16.4. The van der Waals surface area contributed by atoms with Crippen molar-refractivity contribution in [1.29, 1.82) is 0 Å². The van der Waals surface area contributed by atoms with Crippen molar-refractivity contribution < 1.29 is 4.79 Å². The van der Waals surface area contributed by atoms with Gasteiger partial charge in [-0.3, -0.25) is 9.69 Å². The van der Waals surface area contributed by atoms with E-state index in [4.69, 9.17) is 5.73 Å². The Bertz CT molecular complexity index is 531. The predicted octanol–water partition coefficient (Wildman–Crippen LogP) is 2.49. The number of amides is 1. The molecule has 2 N–H and O–H groups in total. The monoisotopic (exact) mass is 315 g/mol. The Morgan fingerprint density at radius 2 is 2.00 bits per heavy atom. The van der Waals surface area contributed by atoms with Crippen molar-refractivity contribution in [3.8, 4) is 0 Å². The average Bonchev–Trinajstić information content (AvgIpc) is 2.92. The van der Waals surface area contributed by atoms with Crippen LogP contribution in [-0.4, -0.2) is 42.5 Å². The third-order valence-corrected chi connectivity index (χ3v) is 5.41. The van der Waals surface area contributed by atoms with Crippen molar-refractivity contribution >= 4 is 11.6 Å². The van der Waals surface area contributed by atoms with Crippen LogP contribution in [0.25, 0.3) is 0 Å². The van der Waals surface area contributed by atoms with Crippen molar-refractivity contribution in [3.63, 3.8) is 0 Å². The van der Waals surface area contributed by atoms with Gasteiger partial charge < -0.3 is 10.6 Å². The van der Waals surface area contributed by atoms with Crippen LogP contribution in [0.5, 0.6) is 0 Å². The Morgan fingerprint density at radius 3 is 2.65 bits per heavy atom. The second-order valence-corrected chi connectivity index (χ2v) is 7.41. The summed E-state index contributed by atoms with van der Waals surface area (Å²) < 4.78 is 0. The fraction of sp³-hybridized carbons (Fsp3) is 0.632. The second-order valence-electron chi connectivity index (χ2n) is 7.41. The Labute approximate surface area is 139 Å². The summed E-state index contributed by atoms with van der Waals surface area (Å²) in [6.07, 6.45) is 3.66. The molecule has 3 unspecified atom stereocenters. The number of para-hydroxylation sites is 1. The normalized spacial score (nSPS) is 27.9. The standard InChI is InChI=1S/C19H29N3O/c1-14(2)22(16-8-4-3-5-9-16)19(23)13-21-11-15-7-6-10-18(20)17(15)12-21/h3-5,8-9,14-15,17-18H,6-7,10-13,20H2,1-2H3. The Hall–Kier alpha value is -1.39. The molecule has 0 radical (unpaired) electrons. The molecule has 0 bridgehead atoms. The molecule has 1 aromatic carbocycles. The molecular formula is C19H29N3O. The maximum atomic E-state index is 12.9. The van der Waals surface area contributed by atoms with Gasteiger partial charge in [0.2, 0.25) is 5.91 Å². The first-order valence-corrected chi connectivity index (χ1v) is 8.91. The van der Waals surface area contributed by atoms with Crippen LogP contribution in [0.2, 0.25) is 0 Å². The fourth-order valence-corrected chi connectivity index (χ4v) is 4.32. The van der Waals surface area contributed by atoms with E-state index >= 15 is 0 Å². The van der Waals surface area contributed by atoms with Crippen LogP contribution in [0.3, 0.4) is 0 Å². The summed E-state index contributed by atoms with van der Waals surface area (Å²) in [4.78, 5) is 17.1. The number of rotatable bonds is 4. The van der Waals surface area contributed by atoms with Gasteiger partial charge in [-0.25, -0.2) is 0 Å². The van der Waals surface area contributed by atoms with Gasteiger partial charge in [-0.05, 0) is 50.7 Å². The summed E-state index contributed by atoms with van der Waals surface area (Å²) >= 11 is 0. The molecule has 3 atom stereocenters. The minimum Gasteiger partial charge on any atom is -0.327 e. The maximum absolute atomic E-state index is 12.9. The topological polar surface area (TPSA) is 49.6 Å². The number of benzene rings is 1. The lowest BCUT2D eigenvalue weighted by atomic mass is 9.78. The Kier molecular flexibility index (Phi) is 5.02.